The fourth-order valence-corrected chi connectivity index (χ4v) is 2.92. The van der Waals surface area contributed by atoms with Crippen molar-refractivity contribution in [2.75, 3.05) is 31.4 Å². The molecule has 0 aliphatic rings. The van der Waals surface area contributed by atoms with Gasteiger partial charge in [-0.25, -0.2) is 15.0 Å². The Labute approximate surface area is 157 Å². The number of anilines is 2. The molecule has 2 rings (SSSR count). The number of nitrogens with one attached hydrogen (secondary N) is 1. The van der Waals surface area contributed by atoms with Crippen molar-refractivity contribution in [1.29, 1.82) is 0 Å². The van der Waals surface area contributed by atoms with Crippen molar-refractivity contribution in [3.63, 3.8) is 0 Å². The number of aromatic nitrogens is 3. The minimum Gasteiger partial charge on any atom is -0.478 e. The van der Waals surface area contributed by atoms with Crippen LogP contribution in [0.3, 0.4) is 0 Å². The van der Waals surface area contributed by atoms with Crippen molar-refractivity contribution >= 4 is 11.6 Å². The number of rotatable bonds is 8. The molecule has 0 saturated heterocycles. The third-order valence-corrected chi connectivity index (χ3v) is 4.63. The van der Waals surface area contributed by atoms with Crippen molar-refractivity contribution in [2.24, 2.45) is 0 Å². The summed E-state index contributed by atoms with van der Waals surface area (Å²) >= 11 is 0. The molecule has 0 amide bonds. The maximum Gasteiger partial charge on any atom is 0.257 e. The van der Waals surface area contributed by atoms with Gasteiger partial charge in [-0.05, 0) is 37.8 Å². The van der Waals surface area contributed by atoms with E-state index in [1.165, 1.54) is 5.56 Å². The largest absolute Gasteiger partial charge is 0.478 e. The van der Waals surface area contributed by atoms with Crippen LogP contribution in [0, 0.1) is 6.92 Å². The van der Waals surface area contributed by atoms with Gasteiger partial charge >= 0.3 is 0 Å². The van der Waals surface area contributed by atoms with Crippen LogP contribution in [0.25, 0.3) is 11.3 Å². The zero-order chi connectivity index (χ0) is 19.3. The molecular weight excluding hydrogens is 326 g/mol. The highest BCUT2D eigenvalue weighted by Crippen LogP contribution is 2.31. The highest BCUT2D eigenvalue weighted by atomic mass is 16.5. The van der Waals surface area contributed by atoms with Crippen molar-refractivity contribution in [3.8, 4) is 17.1 Å². The lowest BCUT2D eigenvalue weighted by Gasteiger charge is -2.19. The number of pyridine rings is 1. The zero-order valence-electron chi connectivity index (χ0n) is 17.1. The van der Waals surface area contributed by atoms with E-state index < -0.39 is 0 Å². The van der Waals surface area contributed by atoms with Gasteiger partial charge in [0.05, 0.1) is 18.5 Å². The van der Waals surface area contributed by atoms with Gasteiger partial charge in [-0.3, -0.25) is 0 Å². The second kappa shape index (κ2) is 8.83. The summed E-state index contributed by atoms with van der Waals surface area (Å²) in [6, 6.07) is 2.47. The Hall–Kier alpha value is -2.37. The third kappa shape index (κ3) is 4.23. The Morgan fingerprint density at radius 1 is 1.15 bits per heavy atom. The van der Waals surface area contributed by atoms with E-state index >= 15 is 0 Å². The molecule has 0 spiro atoms. The summed E-state index contributed by atoms with van der Waals surface area (Å²) in [5, 5.41) is 3.45. The summed E-state index contributed by atoms with van der Waals surface area (Å²) in [5.41, 5.74) is 3.90. The maximum atomic E-state index is 5.52. The molecular formula is C20H31N5O. The second-order valence-electron chi connectivity index (χ2n) is 6.62. The van der Waals surface area contributed by atoms with E-state index in [4.69, 9.17) is 14.7 Å². The van der Waals surface area contributed by atoms with E-state index in [1.807, 2.05) is 32.1 Å². The topological polar surface area (TPSA) is 63.2 Å². The van der Waals surface area contributed by atoms with Gasteiger partial charge in [0, 0.05) is 31.9 Å². The molecule has 0 unspecified atom stereocenters. The van der Waals surface area contributed by atoms with E-state index in [0.717, 1.165) is 42.0 Å². The maximum absolute atomic E-state index is 5.52. The molecule has 0 aliphatic carbocycles. The second-order valence-corrected chi connectivity index (χ2v) is 6.62. The molecule has 0 saturated carbocycles. The number of aryl methyl sites for hydroxylation is 2. The van der Waals surface area contributed by atoms with Gasteiger partial charge in [-0.2, -0.15) is 0 Å². The first-order valence-corrected chi connectivity index (χ1v) is 9.30. The fraction of sp³-hybridized carbons (Fsp3) is 0.550. The van der Waals surface area contributed by atoms with Crippen LogP contribution in [0.5, 0.6) is 5.88 Å². The average Bonchev–Trinajstić information content (AvgIpc) is 2.65. The van der Waals surface area contributed by atoms with Gasteiger partial charge in [0.25, 0.3) is 5.88 Å². The molecule has 26 heavy (non-hydrogen) atoms. The van der Waals surface area contributed by atoms with Gasteiger partial charge in [0.2, 0.25) is 0 Å². The van der Waals surface area contributed by atoms with Gasteiger partial charge in [0.1, 0.15) is 5.82 Å². The van der Waals surface area contributed by atoms with Crippen molar-refractivity contribution in [1.82, 2.24) is 15.0 Å². The van der Waals surface area contributed by atoms with Crippen molar-refractivity contribution < 1.29 is 4.74 Å². The molecule has 0 aromatic carbocycles. The molecule has 6 heteroatoms. The van der Waals surface area contributed by atoms with Crippen LogP contribution in [0.15, 0.2) is 12.3 Å². The smallest absolute Gasteiger partial charge is 0.257 e. The quantitative estimate of drug-likeness (QED) is 0.768. The Morgan fingerprint density at radius 2 is 1.85 bits per heavy atom. The summed E-state index contributed by atoms with van der Waals surface area (Å²) in [5.74, 6) is 2.17. The summed E-state index contributed by atoms with van der Waals surface area (Å²) < 4.78 is 5.52. The average molecular weight is 358 g/mol. The van der Waals surface area contributed by atoms with Crippen LogP contribution in [0.4, 0.5) is 11.6 Å². The van der Waals surface area contributed by atoms with Gasteiger partial charge < -0.3 is 15.0 Å². The van der Waals surface area contributed by atoms with Crippen molar-refractivity contribution in [2.45, 2.75) is 53.0 Å². The Kier molecular flexibility index (Phi) is 6.77. The summed E-state index contributed by atoms with van der Waals surface area (Å²) in [6.07, 6.45) is 4.84. The molecule has 0 fully saturated rings. The fourth-order valence-electron chi connectivity index (χ4n) is 2.92. The van der Waals surface area contributed by atoms with E-state index in [-0.39, 0.29) is 0 Å². The first-order chi connectivity index (χ1) is 12.4. The number of hydrogen-bond donors (Lipinski definition) is 1. The predicted molar refractivity (Wildman–Crippen MR) is 108 cm³/mol. The van der Waals surface area contributed by atoms with Gasteiger partial charge in [-0.15, -0.1) is 0 Å². The number of hydrogen-bond acceptors (Lipinski definition) is 6. The molecule has 142 valence electrons. The van der Waals surface area contributed by atoms with Crippen LogP contribution >= 0.6 is 0 Å². The van der Waals surface area contributed by atoms with Crippen LogP contribution in [-0.4, -0.2) is 42.2 Å². The van der Waals surface area contributed by atoms with E-state index in [2.05, 4.69) is 37.1 Å². The Balaban J connectivity index is 2.51. The highest BCUT2D eigenvalue weighted by molar-refractivity contribution is 5.69. The normalized spacial score (nSPS) is 10.9. The van der Waals surface area contributed by atoms with Crippen molar-refractivity contribution in [3.05, 3.63) is 23.5 Å². The van der Waals surface area contributed by atoms with Crippen LogP contribution in [-0.2, 0) is 6.42 Å². The monoisotopic (exact) mass is 357 g/mol. The first kappa shape index (κ1) is 19.9. The standard InChI is InChI=1S/C20H31N5O/c1-8-14-11-17(25(5)6)21-12-16(14)18-13(4)22-19(20(24-18)26-7)23-15(9-2)10-3/h11-12,15H,8-10H2,1-7H3,(H,22,23). The van der Waals surface area contributed by atoms with Crippen LogP contribution in [0.1, 0.15) is 44.9 Å². The Morgan fingerprint density at radius 3 is 2.38 bits per heavy atom. The summed E-state index contributed by atoms with van der Waals surface area (Å²) in [6.45, 7) is 8.45. The molecule has 1 N–H and O–H groups in total. The molecule has 0 aliphatic heterocycles. The van der Waals surface area contributed by atoms with Gasteiger partial charge in [-0.1, -0.05) is 20.8 Å². The van der Waals surface area contributed by atoms with E-state index in [1.54, 1.807) is 7.11 Å². The van der Waals surface area contributed by atoms with E-state index in [0.29, 0.717) is 17.7 Å². The SMILES string of the molecule is CCc1cc(N(C)C)ncc1-c1nc(OC)c(NC(CC)CC)nc1C. The Bertz CT molecular complexity index is 741. The molecule has 2 heterocycles. The number of nitrogens with zero attached hydrogens (tertiary/aromatic N) is 4. The predicted octanol–water partition coefficient (Wildman–Crippen LogP) is 4.08. The van der Waals surface area contributed by atoms with Crippen LogP contribution in [0.2, 0.25) is 0 Å². The molecule has 2 aromatic rings. The molecule has 6 nitrogen and oxygen atoms in total. The molecule has 0 bridgehead atoms. The number of methoxy groups -OCH3 is 1. The first-order valence-electron chi connectivity index (χ1n) is 9.30. The minimum atomic E-state index is 0.357. The zero-order valence-corrected chi connectivity index (χ0v) is 17.1. The molecule has 0 atom stereocenters. The van der Waals surface area contributed by atoms with Gasteiger partial charge in [0.15, 0.2) is 5.82 Å². The number of ether oxygens (including phenoxy) is 1. The minimum absolute atomic E-state index is 0.357. The molecule has 0 radical (unpaired) electrons. The van der Waals surface area contributed by atoms with Crippen LogP contribution < -0.4 is 15.0 Å². The van der Waals surface area contributed by atoms with E-state index in [9.17, 15) is 0 Å². The lowest BCUT2D eigenvalue weighted by Crippen LogP contribution is -2.19. The lowest BCUT2D eigenvalue weighted by atomic mass is 10.0. The highest BCUT2D eigenvalue weighted by Gasteiger charge is 2.18. The third-order valence-electron chi connectivity index (χ3n) is 4.63. The molecule has 2 aromatic heterocycles. The summed E-state index contributed by atoms with van der Waals surface area (Å²) in [4.78, 5) is 16.1. The summed E-state index contributed by atoms with van der Waals surface area (Å²) in [7, 11) is 5.62. The lowest BCUT2D eigenvalue weighted by molar-refractivity contribution is 0.397.